The van der Waals surface area contributed by atoms with Gasteiger partial charge in [-0.3, -0.25) is 4.79 Å². The van der Waals surface area contributed by atoms with Gasteiger partial charge < -0.3 is 4.90 Å². The van der Waals surface area contributed by atoms with Crippen LogP contribution in [0.1, 0.15) is 12.8 Å². The molecule has 2 heterocycles. The fourth-order valence-electron chi connectivity index (χ4n) is 1.66. The van der Waals surface area contributed by atoms with Gasteiger partial charge in [-0.25, -0.2) is 4.98 Å². The SMILES string of the molecule is O=C1CCCN(c2ncc(Br)cc2Br)C1. The zero-order valence-corrected chi connectivity index (χ0v) is 11.2. The normalized spacial score (nSPS) is 16.9. The van der Waals surface area contributed by atoms with Crippen LogP contribution in [-0.2, 0) is 4.79 Å². The summed E-state index contributed by atoms with van der Waals surface area (Å²) in [5.41, 5.74) is 0. The highest BCUT2D eigenvalue weighted by Crippen LogP contribution is 2.27. The van der Waals surface area contributed by atoms with Crippen molar-refractivity contribution in [2.75, 3.05) is 18.0 Å². The van der Waals surface area contributed by atoms with Crippen molar-refractivity contribution in [2.45, 2.75) is 12.8 Å². The van der Waals surface area contributed by atoms with Crippen LogP contribution in [0, 0.1) is 0 Å². The molecule has 0 unspecified atom stereocenters. The van der Waals surface area contributed by atoms with Crippen LogP contribution in [0.4, 0.5) is 5.82 Å². The predicted octanol–water partition coefficient (Wildman–Crippen LogP) is 2.78. The van der Waals surface area contributed by atoms with E-state index in [0.29, 0.717) is 13.0 Å². The zero-order chi connectivity index (χ0) is 10.8. The number of hydrogen-bond acceptors (Lipinski definition) is 3. The number of carbonyl (C=O) groups is 1. The molecular weight excluding hydrogens is 324 g/mol. The number of piperidine rings is 1. The molecule has 0 atom stereocenters. The Morgan fingerprint density at radius 1 is 1.40 bits per heavy atom. The molecule has 2 rings (SSSR count). The van der Waals surface area contributed by atoms with Crippen molar-refractivity contribution >= 4 is 43.5 Å². The van der Waals surface area contributed by atoms with E-state index in [4.69, 9.17) is 0 Å². The summed E-state index contributed by atoms with van der Waals surface area (Å²) in [6.45, 7) is 1.38. The number of carbonyl (C=O) groups excluding carboxylic acids is 1. The summed E-state index contributed by atoms with van der Waals surface area (Å²) in [4.78, 5) is 17.7. The number of ketones is 1. The maximum atomic E-state index is 11.3. The van der Waals surface area contributed by atoms with Gasteiger partial charge in [0.2, 0.25) is 0 Å². The Labute approximate surface area is 105 Å². The van der Waals surface area contributed by atoms with Crippen LogP contribution < -0.4 is 4.90 Å². The molecule has 0 saturated carbocycles. The Morgan fingerprint density at radius 3 is 2.87 bits per heavy atom. The quantitative estimate of drug-likeness (QED) is 0.792. The molecule has 3 nitrogen and oxygen atoms in total. The van der Waals surface area contributed by atoms with E-state index in [1.165, 1.54) is 0 Å². The number of anilines is 1. The topological polar surface area (TPSA) is 33.2 Å². The molecule has 0 radical (unpaired) electrons. The lowest BCUT2D eigenvalue weighted by molar-refractivity contribution is -0.118. The van der Waals surface area contributed by atoms with Gasteiger partial charge in [0, 0.05) is 23.6 Å². The second-order valence-corrected chi connectivity index (χ2v) is 5.29. The van der Waals surface area contributed by atoms with E-state index < -0.39 is 0 Å². The van der Waals surface area contributed by atoms with E-state index in [0.717, 1.165) is 27.7 Å². The average Bonchev–Trinajstić information content (AvgIpc) is 2.17. The predicted molar refractivity (Wildman–Crippen MR) is 66.1 cm³/mol. The van der Waals surface area contributed by atoms with Crippen LogP contribution in [0.15, 0.2) is 21.2 Å². The smallest absolute Gasteiger partial charge is 0.152 e. The molecule has 0 amide bonds. The minimum Gasteiger partial charge on any atom is -0.348 e. The Morgan fingerprint density at radius 2 is 2.20 bits per heavy atom. The van der Waals surface area contributed by atoms with Crippen molar-refractivity contribution in [2.24, 2.45) is 0 Å². The van der Waals surface area contributed by atoms with E-state index in [2.05, 4.69) is 36.8 Å². The Balaban J connectivity index is 2.24. The summed E-state index contributed by atoms with van der Waals surface area (Å²) >= 11 is 6.81. The molecule has 1 aliphatic rings. The van der Waals surface area contributed by atoms with Crippen LogP contribution in [0.2, 0.25) is 0 Å². The first-order valence-electron chi connectivity index (χ1n) is 4.74. The lowest BCUT2D eigenvalue weighted by Gasteiger charge is -2.27. The van der Waals surface area contributed by atoms with Gasteiger partial charge in [0.25, 0.3) is 0 Å². The highest BCUT2D eigenvalue weighted by Gasteiger charge is 2.19. The molecule has 0 aliphatic carbocycles. The van der Waals surface area contributed by atoms with Gasteiger partial charge in [0.05, 0.1) is 11.0 Å². The Kier molecular flexibility index (Phi) is 3.41. The second-order valence-electron chi connectivity index (χ2n) is 3.52. The summed E-state index contributed by atoms with van der Waals surface area (Å²) in [5, 5.41) is 0. The maximum absolute atomic E-state index is 11.3. The van der Waals surface area contributed by atoms with E-state index in [-0.39, 0.29) is 5.78 Å². The fraction of sp³-hybridized carbons (Fsp3) is 0.400. The third kappa shape index (κ3) is 2.58. The Bertz CT molecular complexity index is 395. The number of hydrogen-bond donors (Lipinski definition) is 0. The average molecular weight is 334 g/mol. The van der Waals surface area contributed by atoms with Gasteiger partial charge in [-0.2, -0.15) is 0 Å². The van der Waals surface area contributed by atoms with E-state index >= 15 is 0 Å². The summed E-state index contributed by atoms with van der Waals surface area (Å²) in [5.74, 6) is 1.14. The van der Waals surface area contributed by atoms with Gasteiger partial charge in [0.1, 0.15) is 5.82 Å². The largest absolute Gasteiger partial charge is 0.348 e. The maximum Gasteiger partial charge on any atom is 0.152 e. The molecular formula is C10H10Br2N2O. The van der Waals surface area contributed by atoms with Gasteiger partial charge >= 0.3 is 0 Å². The molecule has 1 fully saturated rings. The van der Waals surface area contributed by atoms with E-state index in [9.17, 15) is 4.79 Å². The van der Waals surface area contributed by atoms with Crippen molar-refractivity contribution in [3.63, 3.8) is 0 Å². The van der Waals surface area contributed by atoms with Crippen molar-refractivity contribution in [3.8, 4) is 0 Å². The van der Waals surface area contributed by atoms with Crippen molar-refractivity contribution in [1.82, 2.24) is 4.98 Å². The molecule has 15 heavy (non-hydrogen) atoms. The van der Waals surface area contributed by atoms with Crippen LogP contribution in [0.3, 0.4) is 0 Å². The first-order chi connectivity index (χ1) is 7.16. The summed E-state index contributed by atoms with van der Waals surface area (Å²) in [7, 11) is 0. The summed E-state index contributed by atoms with van der Waals surface area (Å²) < 4.78 is 1.85. The zero-order valence-electron chi connectivity index (χ0n) is 8.04. The molecule has 0 spiro atoms. The summed E-state index contributed by atoms with van der Waals surface area (Å²) in [6, 6.07) is 1.95. The van der Waals surface area contributed by atoms with Crippen LogP contribution in [-0.4, -0.2) is 23.9 Å². The first kappa shape index (κ1) is 11.1. The number of pyridine rings is 1. The van der Waals surface area contributed by atoms with E-state index in [1.807, 2.05) is 11.0 Å². The third-order valence-corrected chi connectivity index (χ3v) is 3.36. The molecule has 0 N–H and O–H groups in total. The highest BCUT2D eigenvalue weighted by molar-refractivity contribution is 9.11. The van der Waals surface area contributed by atoms with Crippen molar-refractivity contribution < 1.29 is 4.79 Å². The lowest BCUT2D eigenvalue weighted by Crippen LogP contribution is -2.36. The summed E-state index contributed by atoms with van der Waals surface area (Å²) in [6.07, 6.45) is 3.37. The van der Waals surface area contributed by atoms with Gasteiger partial charge in [-0.05, 0) is 44.3 Å². The minimum atomic E-state index is 0.290. The molecule has 0 aromatic carbocycles. The van der Waals surface area contributed by atoms with Crippen LogP contribution >= 0.6 is 31.9 Å². The molecule has 1 saturated heterocycles. The minimum absolute atomic E-state index is 0.290. The Hall–Kier alpha value is -0.420. The molecule has 1 aromatic rings. The fourth-order valence-corrected chi connectivity index (χ4v) is 2.90. The van der Waals surface area contributed by atoms with Gasteiger partial charge in [-0.1, -0.05) is 0 Å². The number of aromatic nitrogens is 1. The van der Waals surface area contributed by atoms with E-state index in [1.54, 1.807) is 6.20 Å². The van der Waals surface area contributed by atoms with Crippen LogP contribution in [0.25, 0.3) is 0 Å². The molecule has 80 valence electrons. The highest BCUT2D eigenvalue weighted by atomic mass is 79.9. The first-order valence-corrected chi connectivity index (χ1v) is 6.33. The standard InChI is InChI=1S/C10H10Br2N2O/c11-7-4-9(12)10(13-5-7)14-3-1-2-8(15)6-14/h4-5H,1-3,6H2. The molecule has 5 heteroatoms. The number of halogens is 2. The second kappa shape index (κ2) is 4.61. The van der Waals surface area contributed by atoms with Gasteiger partial charge in [0.15, 0.2) is 5.78 Å². The van der Waals surface area contributed by atoms with Crippen LogP contribution in [0.5, 0.6) is 0 Å². The number of rotatable bonds is 1. The van der Waals surface area contributed by atoms with Gasteiger partial charge in [-0.15, -0.1) is 0 Å². The lowest BCUT2D eigenvalue weighted by atomic mass is 10.1. The molecule has 0 bridgehead atoms. The number of nitrogens with zero attached hydrogens (tertiary/aromatic N) is 2. The molecule has 1 aromatic heterocycles. The van der Waals surface area contributed by atoms with Crippen molar-refractivity contribution in [1.29, 1.82) is 0 Å². The number of Topliss-reactive ketones (excluding diaryl/α,β-unsaturated/α-hetero) is 1. The molecule has 1 aliphatic heterocycles. The monoisotopic (exact) mass is 332 g/mol. The van der Waals surface area contributed by atoms with Crippen molar-refractivity contribution in [3.05, 3.63) is 21.2 Å². The third-order valence-electron chi connectivity index (χ3n) is 2.34.